The first-order valence-corrected chi connectivity index (χ1v) is 7.97. The number of hydrogen-bond acceptors (Lipinski definition) is 4. The number of carbonyl (C=O) groups is 2. The minimum absolute atomic E-state index is 0.231. The number of amides is 1. The molecule has 1 aromatic carbocycles. The van der Waals surface area contributed by atoms with E-state index in [1.807, 2.05) is 24.3 Å². The molecule has 1 aliphatic rings. The number of methoxy groups -OCH3 is 1. The first-order chi connectivity index (χ1) is 10.1. The average Bonchev–Trinajstić information content (AvgIpc) is 2.95. The molecule has 0 aromatic heterocycles. The fraction of sp³-hybridized carbons (Fsp3) is 0.467. The van der Waals surface area contributed by atoms with E-state index in [4.69, 9.17) is 4.74 Å². The van der Waals surface area contributed by atoms with Crippen LogP contribution in [0.25, 0.3) is 0 Å². The number of hydrogen-bond donors (Lipinski definition) is 2. The van der Waals surface area contributed by atoms with Gasteiger partial charge in [-0.1, -0.05) is 18.2 Å². The minimum Gasteiger partial charge on any atom is -0.496 e. The zero-order valence-corrected chi connectivity index (χ0v) is 12.7. The van der Waals surface area contributed by atoms with Gasteiger partial charge in [0.1, 0.15) is 11.3 Å². The van der Waals surface area contributed by atoms with Crippen molar-refractivity contribution in [3.8, 4) is 5.75 Å². The van der Waals surface area contributed by atoms with Crippen molar-refractivity contribution in [2.75, 3.05) is 18.6 Å². The SMILES string of the molecule is COc1ccccc1CCC(=O)N[C@]1(C(=O)O)CCSC1. The summed E-state index contributed by atoms with van der Waals surface area (Å²) in [5.74, 6) is 0.764. The average molecular weight is 309 g/mol. The molecule has 0 unspecified atom stereocenters. The number of aliphatic carboxylic acids is 1. The molecule has 1 heterocycles. The Kier molecular flexibility index (Phi) is 5.12. The molecule has 1 atom stereocenters. The van der Waals surface area contributed by atoms with Crippen LogP contribution in [0, 0.1) is 0 Å². The Hall–Kier alpha value is -1.69. The Labute approximate surface area is 128 Å². The lowest BCUT2D eigenvalue weighted by atomic mass is 9.98. The Morgan fingerprint density at radius 1 is 1.43 bits per heavy atom. The zero-order valence-electron chi connectivity index (χ0n) is 11.9. The molecule has 1 saturated heterocycles. The molecule has 0 saturated carbocycles. The molecule has 1 fully saturated rings. The van der Waals surface area contributed by atoms with Crippen molar-refractivity contribution in [2.45, 2.75) is 24.8 Å². The van der Waals surface area contributed by atoms with Crippen LogP contribution in [-0.2, 0) is 16.0 Å². The topological polar surface area (TPSA) is 75.6 Å². The second kappa shape index (κ2) is 6.85. The van der Waals surface area contributed by atoms with Crippen LogP contribution in [0.2, 0.25) is 0 Å². The molecule has 0 bridgehead atoms. The van der Waals surface area contributed by atoms with Gasteiger partial charge in [-0.3, -0.25) is 4.79 Å². The fourth-order valence-corrected chi connectivity index (χ4v) is 3.70. The number of nitrogens with one attached hydrogen (secondary N) is 1. The largest absolute Gasteiger partial charge is 0.496 e. The van der Waals surface area contributed by atoms with Gasteiger partial charge in [0.15, 0.2) is 0 Å². The molecule has 114 valence electrons. The van der Waals surface area contributed by atoms with Gasteiger partial charge in [0.2, 0.25) is 5.91 Å². The zero-order chi connectivity index (χ0) is 15.3. The highest BCUT2D eigenvalue weighted by Gasteiger charge is 2.43. The molecule has 0 radical (unpaired) electrons. The van der Waals surface area contributed by atoms with Crippen LogP contribution in [0.15, 0.2) is 24.3 Å². The number of benzene rings is 1. The number of carboxylic acids is 1. The van der Waals surface area contributed by atoms with Crippen molar-refractivity contribution >= 4 is 23.6 Å². The van der Waals surface area contributed by atoms with E-state index in [2.05, 4.69) is 5.32 Å². The van der Waals surface area contributed by atoms with E-state index in [1.54, 1.807) is 18.9 Å². The normalized spacial score (nSPS) is 21.0. The lowest BCUT2D eigenvalue weighted by molar-refractivity contribution is -0.146. The third-order valence-corrected chi connectivity index (χ3v) is 4.81. The van der Waals surface area contributed by atoms with E-state index >= 15 is 0 Å². The summed E-state index contributed by atoms with van der Waals surface area (Å²) in [6.07, 6.45) is 1.26. The predicted molar refractivity (Wildman–Crippen MR) is 81.8 cm³/mol. The summed E-state index contributed by atoms with van der Waals surface area (Å²) >= 11 is 1.56. The molecule has 1 aromatic rings. The fourth-order valence-electron chi connectivity index (χ4n) is 2.37. The van der Waals surface area contributed by atoms with E-state index in [-0.39, 0.29) is 12.3 Å². The van der Waals surface area contributed by atoms with Crippen molar-refractivity contribution in [1.82, 2.24) is 5.32 Å². The lowest BCUT2D eigenvalue weighted by Gasteiger charge is -2.24. The molecule has 1 aliphatic heterocycles. The van der Waals surface area contributed by atoms with Crippen molar-refractivity contribution in [2.24, 2.45) is 0 Å². The standard InChI is InChI=1S/C15H19NO4S/c1-20-12-5-3-2-4-11(12)6-7-13(17)16-15(14(18)19)8-9-21-10-15/h2-5H,6-10H2,1H3,(H,16,17)(H,18,19)/t15-/m1/s1. The molecule has 0 spiro atoms. The van der Waals surface area contributed by atoms with Crippen LogP contribution in [-0.4, -0.2) is 41.1 Å². The molecule has 2 rings (SSSR count). The number of rotatable bonds is 6. The molecule has 6 heteroatoms. The molecule has 21 heavy (non-hydrogen) atoms. The van der Waals surface area contributed by atoms with Gasteiger partial charge in [-0.15, -0.1) is 0 Å². The molecular formula is C15H19NO4S. The Morgan fingerprint density at radius 2 is 2.19 bits per heavy atom. The summed E-state index contributed by atoms with van der Waals surface area (Å²) < 4.78 is 5.24. The maximum atomic E-state index is 12.1. The predicted octanol–water partition coefficient (Wildman–Crippen LogP) is 1.70. The molecule has 1 amide bonds. The van der Waals surface area contributed by atoms with Gasteiger partial charge in [0.05, 0.1) is 7.11 Å². The lowest BCUT2D eigenvalue weighted by Crippen LogP contribution is -2.54. The van der Waals surface area contributed by atoms with Gasteiger partial charge in [0.25, 0.3) is 0 Å². The molecule has 2 N–H and O–H groups in total. The maximum Gasteiger partial charge on any atom is 0.330 e. The van der Waals surface area contributed by atoms with Gasteiger partial charge in [-0.2, -0.15) is 11.8 Å². The second-order valence-electron chi connectivity index (χ2n) is 5.05. The van der Waals surface area contributed by atoms with Gasteiger partial charge in [0, 0.05) is 12.2 Å². The van der Waals surface area contributed by atoms with Crippen LogP contribution in [0.1, 0.15) is 18.4 Å². The Bertz CT molecular complexity index is 526. The van der Waals surface area contributed by atoms with Crippen molar-refractivity contribution in [3.63, 3.8) is 0 Å². The smallest absolute Gasteiger partial charge is 0.330 e. The quantitative estimate of drug-likeness (QED) is 0.836. The van der Waals surface area contributed by atoms with Gasteiger partial charge >= 0.3 is 5.97 Å². The molecular weight excluding hydrogens is 290 g/mol. The minimum atomic E-state index is -1.09. The Balaban J connectivity index is 1.94. The second-order valence-corrected chi connectivity index (χ2v) is 6.16. The summed E-state index contributed by atoms with van der Waals surface area (Å²) in [5, 5.41) is 12.0. The van der Waals surface area contributed by atoms with E-state index in [0.29, 0.717) is 18.6 Å². The summed E-state index contributed by atoms with van der Waals surface area (Å²) in [5.41, 5.74) is -0.150. The summed E-state index contributed by atoms with van der Waals surface area (Å²) in [4.78, 5) is 23.4. The van der Waals surface area contributed by atoms with Gasteiger partial charge < -0.3 is 15.2 Å². The van der Waals surface area contributed by atoms with E-state index in [0.717, 1.165) is 17.1 Å². The number of aryl methyl sites for hydroxylation is 1. The van der Waals surface area contributed by atoms with E-state index < -0.39 is 11.5 Å². The van der Waals surface area contributed by atoms with E-state index in [1.165, 1.54) is 0 Å². The summed E-state index contributed by atoms with van der Waals surface area (Å²) in [6, 6.07) is 7.52. The number of carboxylic acid groups (broad SMARTS) is 1. The highest BCUT2D eigenvalue weighted by molar-refractivity contribution is 7.99. The van der Waals surface area contributed by atoms with Crippen LogP contribution < -0.4 is 10.1 Å². The number of ether oxygens (including phenoxy) is 1. The first kappa shape index (κ1) is 15.7. The van der Waals surface area contributed by atoms with E-state index in [9.17, 15) is 14.7 Å². The van der Waals surface area contributed by atoms with Crippen molar-refractivity contribution in [3.05, 3.63) is 29.8 Å². The highest BCUT2D eigenvalue weighted by Crippen LogP contribution is 2.28. The number of carbonyl (C=O) groups excluding carboxylic acids is 1. The first-order valence-electron chi connectivity index (χ1n) is 6.81. The number of thioether (sulfide) groups is 1. The van der Waals surface area contributed by atoms with Crippen molar-refractivity contribution in [1.29, 1.82) is 0 Å². The third-order valence-electron chi connectivity index (χ3n) is 3.62. The van der Waals surface area contributed by atoms with Crippen LogP contribution in [0.3, 0.4) is 0 Å². The summed E-state index contributed by atoms with van der Waals surface area (Å²) in [7, 11) is 1.59. The van der Waals surface area contributed by atoms with Crippen LogP contribution in [0.5, 0.6) is 5.75 Å². The maximum absolute atomic E-state index is 12.1. The van der Waals surface area contributed by atoms with Crippen LogP contribution in [0.4, 0.5) is 0 Å². The van der Waals surface area contributed by atoms with Crippen LogP contribution >= 0.6 is 11.8 Å². The van der Waals surface area contributed by atoms with Gasteiger partial charge in [-0.05, 0) is 30.2 Å². The highest BCUT2D eigenvalue weighted by atomic mass is 32.2. The van der Waals surface area contributed by atoms with Crippen molar-refractivity contribution < 1.29 is 19.4 Å². The molecule has 0 aliphatic carbocycles. The molecule has 5 nitrogen and oxygen atoms in total. The monoisotopic (exact) mass is 309 g/mol. The number of para-hydroxylation sites is 1. The third kappa shape index (κ3) is 3.69. The summed E-state index contributed by atoms with van der Waals surface area (Å²) in [6.45, 7) is 0. The van der Waals surface area contributed by atoms with Gasteiger partial charge in [-0.25, -0.2) is 4.79 Å². The Morgan fingerprint density at radius 3 is 2.81 bits per heavy atom.